The van der Waals surface area contributed by atoms with Gasteiger partial charge in [0.05, 0.1) is 11.4 Å². The Kier molecular flexibility index (Phi) is 2.21. The molecular formula is C10H10N2OS. The van der Waals surface area contributed by atoms with Crippen molar-refractivity contribution in [1.29, 1.82) is 0 Å². The zero-order valence-electron chi connectivity index (χ0n) is 8.02. The number of aromatic nitrogens is 2. The topological polar surface area (TPSA) is 34.4 Å². The first-order chi connectivity index (χ1) is 6.74. The molecule has 0 atom stereocenters. The average molecular weight is 206 g/mol. The summed E-state index contributed by atoms with van der Waals surface area (Å²) in [5.41, 5.74) is 3.10. The predicted molar refractivity (Wildman–Crippen MR) is 57.6 cm³/mol. The zero-order valence-corrected chi connectivity index (χ0v) is 8.84. The van der Waals surface area contributed by atoms with Gasteiger partial charge in [-0.25, -0.2) is 4.98 Å². The van der Waals surface area contributed by atoms with Crippen molar-refractivity contribution in [2.45, 2.75) is 13.8 Å². The van der Waals surface area contributed by atoms with E-state index >= 15 is 0 Å². The standard InChI is InChI=1S/C10H10N2OS/c1-7-6-14-10-11-8(2)9(12(7)10)4-3-5-13/h3-6H,1-2H3. The van der Waals surface area contributed by atoms with Crippen LogP contribution in [0.2, 0.25) is 0 Å². The number of aryl methyl sites for hydroxylation is 2. The minimum absolute atomic E-state index is 0.778. The SMILES string of the molecule is Cc1nc2scc(C)n2c1C=CC=O. The third-order valence-corrected chi connectivity index (χ3v) is 3.03. The maximum atomic E-state index is 10.3. The molecule has 0 N–H and O–H groups in total. The average Bonchev–Trinajstić information content (AvgIpc) is 2.64. The molecule has 0 radical (unpaired) electrons. The lowest BCUT2D eigenvalue weighted by molar-refractivity contribution is -0.104. The second-order valence-corrected chi connectivity index (χ2v) is 3.91. The van der Waals surface area contributed by atoms with Crippen molar-refractivity contribution in [3.63, 3.8) is 0 Å². The van der Waals surface area contributed by atoms with Crippen LogP contribution in [0.15, 0.2) is 11.5 Å². The van der Waals surface area contributed by atoms with Crippen LogP contribution in [0.25, 0.3) is 11.0 Å². The molecule has 0 saturated heterocycles. The van der Waals surface area contributed by atoms with Crippen molar-refractivity contribution in [2.75, 3.05) is 0 Å². The number of allylic oxidation sites excluding steroid dienone is 1. The molecule has 0 saturated carbocycles. The number of carbonyl (C=O) groups is 1. The van der Waals surface area contributed by atoms with E-state index in [2.05, 4.69) is 14.8 Å². The van der Waals surface area contributed by atoms with Gasteiger partial charge in [0.1, 0.15) is 6.29 Å². The van der Waals surface area contributed by atoms with Gasteiger partial charge in [-0.3, -0.25) is 9.20 Å². The Morgan fingerprint density at radius 3 is 3.00 bits per heavy atom. The molecule has 14 heavy (non-hydrogen) atoms. The van der Waals surface area contributed by atoms with Gasteiger partial charge in [-0.1, -0.05) is 0 Å². The maximum Gasteiger partial charge on any atom is 0.194 e. The Hall–Kier alpha value is -1.42. The van der Waals surface area contributed by atoms with Gasteiger partial charge in [0.2, 0.25) is 0 Å². The highest BCUT2D eigenvalue weighted by Crippen LogP contribution is 2.21. The van der Waals surface area contributed by atoms with E-state index in [0.29, 0.717) is 0 Å². The van der Waals surface area contributed by atoms with Crippen molar-refractivity contribution < 1.29 is 4.79 Å². The van der Waals surface area contributed by atoms with Crippen molar-refractivity contribution >= 4 is 28.7 Å². The number of nitrogens with zero attached hydrogens (tertiary/aromatic N) is 2. The summed E-state index contributed by atoms with van der Waals surface area (Å²) in [5.74, 6) is 0. The summed E-state index contributed by atoms with van der Waals surface area (Å²) in [5, 5.41) is 2.06. The van der Waals surface area contributed by atoms with Crippen LogP contribution in [0.4, 0.5) is 0 Å². The Morgan fingerprint density at radius 1 is 1.50 bits per heavy atom. The molecular weight excluding hydrogens is 196 g/mol. The molecule has 3 nitrogen and oxygen atoms in total. The van der Waals surface area contributed by atoms with Crippen molar-refractivity contribution in [3.05, 3.63) is 28.5 Å². The number of aldehydes is 1. The monoisotopic (exact) mass is 206 g/mol. The van der Waals surface area contributed by atoms with E-state index in [1.54, 1.807) is 17.4 Å². The molecule has 72 valence electrons. The molecule has 2 rings (SSSR count). The molecule has 0 aliphatic heterocycles. The molecule has 0 bridgehead atoms. The van der Waals surface area contributed by atoms with Crippen LogP contribution >= 0.6 is 11.3 Å². The van der Waals surface area contributed by atoms with Gasteiger partial charge in [-0.05, 0) is 26.0 Å². The van der Waals surface area contributed by atoms with E-state index in [1.165, 1.54) is 6.08 Å². The number of hydrogen-bond acceptors (Lipinski definition) is 3. The number of hydrogen-bond donors (Lipinski definition) is 0. The third kappa shape index (κ3) is 1.28. The van der Waals surface area contributed by atoms with E-state index in [1.807, 2.05) is 13.8 Å². The molecule has 0 fully saturated rings. The lowest BCUT2D eigenvalue weighted by atomic mass is 10.3. The number of rotatable bonds is 2. The van der Waals surface area contributed by atoms with E-state index in [9.17, 15) is 4.79 Å². The Bertz CT molecular complexity index is 507. The highest BCUT2D eigenvalue weighted by Gasteiger charge is 2.08. The van der Waals surface area contributed by atoms with Crippen LogP contribution in [0, 0.1) is 13.8 Å². The molecule has 0 amide bonds. The van der Waals surface area contributed by atoms with Gasteiger partial charge < -0.3 is 0 Å². The fourth-order valence-electron chi connectivity index (χ4n) is 1.45. The van der Waals surface area contributed by atoms with Crippen LogP contribution in [0.5, 0.6) is 0 Å². The van der Waals surface area contributed by atoms with Crippen LogP contribution in [-0.4, -0.2) is 15.7 Å². The minimum Gasteiger partial charge on any atom is -0.299 e. The fourth-order valence-corrected chi connectivity index (χ4v) is 2.37. The molecule has 2 heterocycles. The highest BCUT2D eigenvalue weighted by atomic mass is 32.1. The highest BCUT2D eigenvalue weighted by molar-refractivity contribution is 7.15. The van der Waals surface area contributed by atoms with Crippen molar-refractivity contribution in [2.24, 2.45) is 0 Å². The zero-order chi connectivity index (χ0) is 10.1. The first kappa shape index (κ1) is 9.15. The number of thiazole rings is 1. The van der Waals surface area contributed by atoms with Crippen molar-refractivity contribution in [1.82, 2.24) is 9.38 Å². The van der Waals surface area contributed by atoms with Gasteiger partial charge in [0, 0.05) is 11.1 Å². The van der Waals surface area contributed by atoms with Gasteiger partial charge >= 0.3 is 0 Å². The normalized spacial score (nSPS) is 11.6. The Balaban J connectivity index is 2.70. The van der Waals surface area contributed by atoms with Crippen LogP contribution < -0.4 is 0 Å². The van der Waals surface area contributed by atoms with E-state index in [4.69, 9.17) is 0 Å². The van der Waals surface area contributed by atoms with E-state index < -0.39 is 0 Å². The second kappa shape index (κ2) is 3.38. The second-order valence-electron chi connectivity index (χ2n) is 3.07. The smallest absolute Gasteiger partial charge is 0.194 e. The molecule has 0 aromatic carbocycles. The summed E-state index contributed by atoms with van der Waals surface area (Å²) in [7, 11) is 0. The Morgan fingerprint density at radius 2 is 2.29 bits per heavy atom. The Labute approximate surface area is 85.7 Å². The minimum atomic E-state index is 0.778. The summed E-state index contributed by atoms with van der Waals surface area (Å²) in [6, 6.07) is 0. The lowest BCUT2D eigenvalue weighted by Gasteiger charge is -1.94. The van der Waals surface area contributed by atoms with Gasteiger partial charge in [0.25, 0.3) is 0 Å². The fraction of sp³-hybridized carbons (Fsp3) is 0.200. The van der Waals surface area contributed by atoms with Crippen LogP contribution in [-0.2, 0) is 4.79 Å². The quantitative estimate of drug-likeness (QED) is 0.557. The largest absolute Gasteiger partial charge is 0.299 e. The maximum absolute atomic E-state index is 10.3. The summed E-state index contributed by atoms with van der Waals surface area (Å²) in [4.78, 5) is 15.6. The molecule has 0 aliphatic rings. The third-order valence-electron chi connectivity index (χ3n) is 2.09. The van der Waals surface area contributed by atoms with Crippen LogP contribution in [0.3, 0.4) is 0 Å². The summed E-state index contributed by atoms with van der Waals surface area (Å²) >= 11 is 1.61. The molecule has 0 aliphatic carbocycles. The van der Waals surface area contributed by atoms with Crippen molar-refractivity contribution in [3.8, 4) is 0 Å². The summed E-state index contributed by atoms with van der Waals surface area (Å²) in [6.07, 6.45) is 4.07. The molecule has 2 aromatic rings. The first-order valence-electron chi connectivity index (χ1n) is 4.29. The molecule has 0 unspecified atom stereocenters. The van der Waals surface area contributed by atoms with Crippen LogP contribution in [0.1, 0.15) is 17.1 Å². The predicted octanol–water partition coefficient (Wildman–Crippen LogP) is 2.22. The summed E-state index contributed by atoms with van der Waals surface area (Å²) in [6.45, 7) is 3.98. The van der Waals surface area contributed by atoms with E-state index in [-0.39, 0.29) is 0 Å². The number of carbonyl (C=O) groups excluding carboxylic acids is 1. The summed E-state index contributed by atoms with van der Waals surface area (Å²) < 4.78 is 2.06. The number of fused-ring (bicyclic) bond motifs is 1. The number of imidazole rings is 1. The van der Waals surface area contributed by atoms with Gasteiger partial charge in [-0.15, -0.1) is 11.3 Å². The van der Waals surface area contributed by atoms with E-state index in [0.717, 1.165) is 28.3 Å². The van der Waals surface area contributed by atoms with Gasteiger partial charge in [-0.2, -0.15) is 0 Å². The molecule has 0 spiro atoms. The molecule has 4 heteroatoms. The molecule has 2 aromatic heterocycles. The first-order valence-corrected chi connectivity index (χ1v) is 5.17. The lowest BCUT2D eigenvalue weighted by Crippen LogP contribution is -1.87. The van der Waals surface area contributed by atoms with Gasteiger partial charge in [0.15, 0.2) is 4.96 Å².